The molecule has 0 bridgehead atoms. The number of rotatable bonds is 6. The zero-order valence-corrected chi connectivity index (χ0v) is 27.4. The van der Waals surface area contributed by atoms with Gasteiger partial charge in [-0.1, -0.05) is 32.0 Å². The Labute approximate surface area is 282 Å². The van der Waals surface area contributed by atoms with Gasteiger partial charge in [0.05, 0.1) is 26.3 Å². The molecule has 2 fully saturated rings. The Morgan fingerprint density at radius 1 is 0.755 bits per heavy atom. The number of nitrogens with zero attached hydrogens (tertiary/aromatic N) is 1. The van der Waals surface area contributed by atoms with Gasteiger partial charge < -0.3 is 52.0 Å². The average Bonchev–Trinajstić information content (AvgIpc) is 3.73. The van der Waals surface area contributed by atoms with Gasteiger partial charge in [0.1, 0.15) is 30.2 Å². The zero-order chi connectivity index (χ0) is 35.7. The summed E-state index contributed by atoms with van der Waals surface area (Å²) in [6.45, 7) is 1.00. The van der Waals surface area contributed by atoms with Crippen molar-refractivity contribution in [3.05, 3.63) is 36.0 Å². The molecule has 2 aromatic rings. The van der Waals surface area contributed by atoms with Gasteiger partial charge in [0.2, 0.25) is 41.4 Å². The Hall–Kier alpha value is -5.03. The van der Waals surface area contributed by atoms with E-state index in [4.69, 9.17) is 0 Å². The molecule has 4 rings (SSSR count). The highest BCUT2D eigenvalue weighted by Crippen LogP contribution is 2.23. The van der Waals surface area contributed by atoms with E-state index in [2.05, 4.69) is 36.9 Å². The van der Waals surface area contributed by atoms with Crippen molar-refractivity contribution in [1.29, 1.82) is 0 Å². The monoisotopic (exact) mass is 684 g/mol. The van der Waals surface area contributed by atoms with Crippen molar-refractivity contribution in [2.75, 3.05) is 32.8 Å². The number of benzene rings is 1. The van der Waals surface area contributed by atoms with Crippen molar-refractivity contribution in [2.45, 2.75) is 69.7 Å². The van der Waals surface area contributed by atoms with E-state index in [9.17, 15) is 43.8 Å². The lowest BCUT2D eigenvalue weighted by molar-refractivity contribution is -0.142. The molecular weight excluding hydrogens is 640 g/mol. The van der Waals surface area contributed by atoms with Crippen LogP contribution in [0.3, 0.4) is 0 Å². The molecule has 0 spiro atoms. The van der Waals surface area contributed by atoms with E-state index in [1.54, 1.807) is 6.20 Å². The van der Waals surface area contributed by atoms with Crippen molar-refractivity contribution >= 4 is 52.3 Å². The van der Waals surface area contributed by atoms with Crippen LogP contribution in [0.5, 0.6) is 0 Å². The Morgan fingerprint density at radius 3 is 2.06 bits per heavy atom. The summed E-state index contributed by atoms with van der Waals surface area (Å²) in [5.41, 5.74) is 1.55. The molecule has 2 aliphatic rings. The summed E-state index contributed by atoms with van der Waals surface area (Å²) in [6.07, 6.45) is 2.72. The molecule has 2 aliphatic heterocycles. The topological polar surface area (TPSA) is 251 Å². The lowest BCUT2D eigenvalue weighted by Crippen LogP contribution is -2.60. The fourth-order valence-corrected chi connectivity index (χ4v) is 5.90. The normalized spacial score (nSPS) is 25.4. The predicted octanol–water partition coefficient (Wildman–Crippen LogP) is -3.08. The summed E-state index contributed by atoms with van der Waals surface area (Å²) in [4.78, 5) is 96.8. The Kier molecular flexibility index (Phi) is 12.7. The summed E-state index contributed by atoms with van der Waals surface area (Å²) < 4.78 is 0. The maximum atomic E-state index is 14.2. The van der Waals surface area contributed by atoms with Gasteiger partial charge in [-0.15, -0.1) is 0 Å². The first-order valence-corrected chi connectivity index (χ1v) is 16.2. The SMILES string of the molecule is CC(C)C[C@@H]1NC(=O)[C@H](CO)NC(=O)[C@H](CO)NC(=O)CNC(=O)CNC(=O)[C@@H]2CCCN2C(=O)[C@H](Cc2c[nH]c3ccccc23)NC1=O. The van der Waals surface area contributed by atoms with Gasteiger partial charge in [-0.05, 0) is 36.8 Å². The molecule has 1 aromatic heterocycles. The largest absolute Gasteiger partial charge is 0.394 e. The van der Waals surface area contributed by atoms with Gasteiger partial charge in [-0.3, -0.25) is 33.6 Å². The van der Waals surface area contributed by atoms with Crippen LogP contribution in [0.25, 0.3) is 10.9 Å². The maximum absolute atomic E-state index is 14.2. The van der Waals surface area contributed by atoms with E-state index in [0.717, 1.165) is 16.5 Å². The molecule has 0 aliphatic carbocycles. The first-order valence-electron chi connectivity index (χ1n) is 16.2. The second-order valence-corrected chi connectivity index (χ2v) is 12.5. The van der Waals surface area contributed by atoms with E-state index >= 15 is 0 Å². The lowest BCUT2D eigenvalue weighted by Gasteiger charge is -2.30. The Morgan fingerprint density at radius 2 is 1.37 bits per heavy atom. The number of aromatic amines is 1. The maximum Gasteiger partial charge on any atom is 0.246 e. The number of aliphatic hydroxyl groups excluding tert-OH is 2. The van der Waals surface area contributed by atoms with E-state index in [-0.39, 0.29) is 25.3 Å². The highest BCUT2D eigenvalue weighted by Gasteiger charge is 2.39. The summed E-state index contributed by atoms with van der Waals surface area (Å²) in [5.74, 6) is -5.46. The molecule has 2 saturated heterocycles. The standard InChI is InChI=1S/C32H44N8O9/c1-17(2)10-21-28(45)38-22(11-18-12-33-20-7-4-3-6-19(18)20)32(49)40-9-5-8-25(40)31(48)35-13-26(43)34-14-27(44)36-23(15-41)29(46)39-24(16-42)30(47)37-21/h3-4,6-7,12,17,21-25,33,41-42H,5,8-11,13-16H2,1-2H3,(H,34,43)(H,35,48)(H,36,44)(H,37,47)(H,38,45)(H,39,46)/t21-,22-,23-,24-,25-/m0/s1. The van der Waals surface area contributed by atoms with Gasteiger partial charge in [0.25, 0.3) is 0 Å². The van der Waals surface area contributed by atoms with Crippen LogP contribution < -0.4 is 31.9 Å². The van der Waals surface area contributed by atoms with Gasteiger partial charge in [-0.2, -0.15) is 0 Å². The number of aromatic nitrogens is 1. The van der Waals surface area contributed by atoms with Crippen molar-refractivity contribution in [2.24, 2.45) is 5.92 Å². The molecule has 0 unspecified atom stereocenters. The molecule has 1 aromatic carbocycles. The van der Waals surface area contributed by atoms with Crippen LogP contribution >= 0.6 is 0 Å². The fourth-order valence-electron chi connectivity index (χ4n) is 5.90. The molecule has 49 heavy (non-hydrogen) atoms. The average molecular weight is 685 g/mol. The number of para-hydroxylation sites is 1. The number of amides is 7. The van der Waals surface area contributed by atoms with Crippen LogP contribution in [0.4, 0.5) is 0 Å². The second-order valence-electron chi connectivity index (χ2n) is 12.5. The van der Waals surface area contributed by atoms with Crippen molar-refractivity contribution in [3.8, 4) is 0 Å². The smallest absolute Gasteiger partial charge is 0.246 e. The molecule has 0 radical (unpaired) electrons. The highest BCUT2D eigenvalue weighted by molar-refractivity contribution is 5.98. The number of hydrogen-bond donors (Lipinski definition) is 9. The first-order chi connectivity index (χ1) is 23.4. The minimum Gasteiger partial charge on any atom is -0.394 e. The van der Waals surface area contributed by atoms with Crippen molar-refractivity contribution in [3.63, 3.8) is 0 Å². The number of fused-ring (bicyclic) bond motifs is 2. The number of carbonyl (C=O) groups excluding carboxylic acids is 7. The van der Waals surface area contributed by atoms with Crippen LogP contribution in [-0.4, -0.2) is 125 Å². The minimum atomic E-state index is -1.57. The van der Waals surface area contributed by atoms with Crippen LogP contribution in [0.2, 0.25) is 0 Å². The molecule has 0 saturated carbocycles. The fraction of sp³-hybridized carbons (Fsp3) is 0.531. The van der Waals surface area contributed by atoms with E-state index < -0.39 is 97.9 Å². The second kappa shape index (κ2) is 16.9. The third kappa shape index (κ3) is 9.54. The summed E-state index contributed by atoms with van der Waals surface area (Å²) >= 11 is 0. The van der Waals surface area contributed by atoms with Crippen LogP contribution in [0.15, 0.2) is 30.5 Å². The van der Waals surface area contributed by atoms with Crippen LogP contribution in [0.1, 0.15) is 38.7 Å². The van der Waals surface area contributed by atoms with Crippen molar-refractivity contribution < 1.29 is 43.8 Å². The summed E-state index contributed by atoms with van der Waals surface area (Å²) in [7, 11) is 0. The number of nitrogens with one attached hydrogen (secondary N) is 7. The van der Waals surface area contributed by atoms with Gasteiger partial charge in [0, 0.05) is 30.1 Å². The molecule has 3 heterocycles. The number of aliphatic hydroxyl groups is 2. The van der Waals surface area contributed by atoms with Crippen LogP contribution in [-0.2, 0) is 40.0 Å². The van der Waals surface area contributed by atoms with Crippen LogP contribution in [0, 0.1) is 5.92 Å². The Balaban J connectivity index is 1.68. The van der Waals surface area contributed by atoms with Crippen molar-refractivity contribution in [1.82, 2.24) is 41.8 Å². The van der Waals surface area contributed by atoms with Gasteiger partial charge in [-0.25, -0.2) is 0 Å². The quantitative estimate of drug-likeness (QED) is 0.149. The first kappa shape index (κ1) is 36.8. The molecular formula is C32H44N8O9. The summed E-state index contributed by atoms with van der Waals surface area (Å²) in [6, 6.07) is 1.02. The Bertz CT molecular complexity index is 1560. The molecule has 7 amide bonds. The molecule has 17 nitrogen and oxygen atoms in total. The number of hydrogen-bond acceptors (Lipinski definition) is 9. The van der Waals surface area contributed by atoms with E-state index in [0.29, 0.717) is 12.8 Å². The zero-order valence-electron chi connectivity index (χ0n) is 27.4. The highest BCUT2D eigenvalue weighted by atomic mass is 16.3. The van der Waals surface area contributed by atoms with Gasteiger partial charge in [0.15, 0.2) is 0 Å². The third-order valence-electron chi connectivity index (χ3n) is 8.41. The molecule has 9 N–H and O–H groups in total. The summed E-state index contributed by atoms with van der Waals surface area (Å²) in [5, 5.41) is 35.1. The number of H-pyrrole nitrogens is 1. The molecule has 5 atom stereocenters. The molecule has 17 heteroatoms. The van der Waals surface area contributed by atoms with E-state index in [1.807, 2.05) is 38.1 Å². The third-order valence-corrected chi connectivity index (χ3v) is 8.41. The molecule has 266 valence electrons. The minimum absolute atomic E-state index is 0.0447. The van der Waals surface area contributed by atoms with Gasteiger partial charge >= 0.3 is 0 Å². The number of carbonyl (C=O) groups is 7. The van der Waals surface area contributed by atoms with E-state index in [1.165, 1.54) is 4.90 Å². The lowest BCUT2D eigenvalue weighted by atomic mass is 10.00. The predicted molar refractivity (Wildman–Crippen MR) is 174 cm³/mol.